The van der Waals surface area contributed by atoms with Gasteiger partial charge in [0.25, 0.3) is 5.56 Å². The summed E-state index contributed by atoms with van der Waals surface area (Å²) < 4.78 is 3.58. The van der Waals surface area contributed by atoms with Gasteiger partial charge in [0.15, 0.2) is 5.82 Å². The third-order valence-electron chi connectivity index (χ3n) is 5.63. The Morgan fingerprint density at radius 1 is 1.27 bits per heavy atom. The fraction of sp³-hybridized carbons (Fsp3) is 0.556. The van der Waals surface area contributed by atoms with Crippen LogP contribution in [-0.4, -0.2) is 43.7 Å². The van der Waals surface area contributed by atoms with Crippen LogP contribution >= 0.6 is 0 Å². The van der Waals surface area contributed by atoms with Crippen molar-refractivity contribution in [1.82, 2.24) is 24.2 Å². The van der Waals surface area contributed by atoms with Crippen LogP contribution in [0.1, 0.15) is 42.6 Å². The largest absolute Gasteiger partial charge is 0.365 e. The van der Waals surface area contributed by atoms with Crippen LogP contribution in [0.5, 0.6) is 0 Å². The van der Waals surface area contributed by atoms with Gasteiger partial charge < -0.3 is 14.8 Å². The van der Waals surface area contributed by atoms with Crippen molar-refractivity contribution in [1.29, 1.82) is 0 Å². The van der Waals surface area contributed by atoms with Gasteiger partial charge in [-0.15, -0.1) is 0 Å². The van der Waals surface area contributed by atoms with E-state index in [9.17, 15) is 9.59 Å². The number of hydrogen-bond acceptors (Lipinski definition) is 5. The highest BCUT2D eigenvalue weighted by Crippen LogP contribution is 2.38. The molecule has 2 fully saturated rings. The van der Waals surface area contributed by atoms with Gasteiger partial charge in [0.05, 0.1) is 12.2 Å². The maximum Gasteiger partial charge on any atom is 0.293 e. The Labute approximate surface area is 151 Å². The van der Waals surface area contributed by atoms with E-state index < -0.39 is 0 Å². The molecule has 2 aliphatic rings. The van der Waals surface area contributed by atoms with E-state index in [4.69, 9.17) is 0 Å². The van der Waals surface area contributed by atoms with Gasteiger partial charge in [0.2, 0.25) is 5.91 Å². The number of anilines is 1. The van der Waals surface area contributed by atoms with E-state index in [-0.39, 0.29) is 23.4 Å². The van der Waals surface area contributed by atoms with Gasteiger partial charge in [0.1, 0.15) is 0 Å². The zero-order valence-corrected chi connectivity index (χ0v) is 15.3. The van der Waals surface area contributed by atoms with Crippen LogP contribution in [0, 0.1) is 12.8 Å². The van der Waals surface area contributed by atoms with E-state index in [0.717, 1.165) is 24.1 Å². The second kappa shape index (κ2) is 6.26. The van der Waals surface area contributed by atoms with E-state index in [0.29, 0.717) is 24.8 Å². The Bertz CT molecular complexity index is 897. The van der Waals surface area contributed by atoms with Gasteiger partial charge in [-0.1, -0.05) is 0 Å². The number of hydrogen-bond donors (Lipinski definition) is 1. The number of aryl methyl sites for hydroxylation is 1. The molecule has 0 unspecified atom stereocenters. The molecule has 2 aromatic rings. The summed E-state index contributed by atoms with van der Waals surface area (Å²) in [5.41, 5.74) is 2.03. The van der Waals surface area contributed by atoms with E-state index >= 15 is 0 Å². The van der Waals surface area contributed by atoms with Gasteiger partial charge in [-0.25, -0.2) is 4.98 Å². The third kappa shape index (κ3) is 2.79. The maximum absolute atomic E-state index is 12.5. The second-order valence-corrected chi connectivity index (χ2v) is 7.32. The Balaban J connectivity index is 1.55. The lowest BCUT2D eigenvalue weighted by Gasteiger charge is -2.25. The highest BCUT2D eigenvalue weighted by atomic mass is 16.2. The lowest BCUT2D eigenvalue weighted by Crippen LogP contribution is -2.29. The van der Waals surface area contributed by atoms with Gasteiger partial charge in [-0.3, -0.25) is 14.3 Å². The Hall–Kier alpha value is -2.64. The van der Waals surface area contributed by atoms with Gasteiger partial charge in [-0.2, -0.15) is 5.10 Å². The minimum Gasteiger partial charge on any atom is -0.365 e. The molecule has 1 saturated carbocycles. The molecule has 2 atom stereocenters. The second-order valence-electron chi connectivity index (χ2n) is 7.32. The normalized spacial score (nSPS) is 22.9. The first-order valence-corrected chi connectivity index (χ1v) is 9.02. The molecule has 4 rings (SSSR count). The van der Waals surface area contributed by atoms with E-state index in [1.165, 1.54) is 0 Å². The lowest BCUT2D eigenvalue weighted by molar-refractivity contribution is -0.127. The minimum absolute atomic E-state index is 0.0435. The molecule has 1 amide bonds. The van der Waals surface area contributed by atoms with Crippen molar-refractivity contribution in [2.24, 2.45) is 13.0 Å². The first-order chi connectivity index (χ1) is 12.5. The number of carbonyl (C=O) groups excluding carboxylic acids is 1. The molecule has 1 saturated heterocycles. The first kappa shape index (κ1) is 16.8. The molecular formula is C18H24N6O2. The maximum atomic E-state index is 12.5. The van der Waals surface area contributed by atoms with Crippen molar-refractivity contribution >= 4 is 11.7 Å². The fourth-order valence-electron chi connectivity index (χ4n) is 3.82. The van der Waals surface area contributed by atoms with Crippen LogP contribution in [0.4, 0.5) is 5.82 Å². The predicted octanol–water partition coefficient (Wildman–Crippen LogP) is 1.25. The quantitative estimate of drug-likeness (QED) is 0.872. The standard InChI is InChI=1S/C18H24N6O2/c1-11-14(10-21-23(11)3)16-12(8-15(25)22(16)2)9-20-17-18(26)24(7-6-19-17)13-4-5-13/h6-7,10,12-13,16H,4-5,8-9H2,1-3H3,(H,19,20)/t12-,16+/m0/s1. The number of nitrogens with one attached hydrogen (secondary N) is 1. The number of likely N-dealkylation sites (tertiary alicyclic amines) is 1. The number of nitrogens with zero attached hydrogens (tertiary/aromatic N) is 5. The predicted molar refractivity (Wildman–Crippen MR) is 96.8 cm³/mol. The highest BCUT2D eigenvalue weighted by molar-refractivity contribution is 5.79. The van der Waals surface area contributed by atoms with Gasteiger partial charge >= 0.3 is 0 Å². The average Bonchev–Trinajstić information content (AvgIpc) is 3.36. The Morgan fingerprint density at radius 3 is 2.69 bits per heavy atom. The number of amides is 1. The molecule has 0 spiro atoms. The summed E-state index contributed by atoms with van der Waals surface area (Å²) in [5, 5.41) is 7.51. The molecule has 1 aliphatic heterocycles. The summed E-state index contributed by atoms with van der Waals surface area (Å²) >= 11 is 0. The van der Waals surface area contributed by atoms with Gasteiger partial charge in [-0.05, 0) is 19.8 Å². The van der Waals surface area contributed by atoms with Crippen molar-refractivity contribution in [2.75, 3.05) is 18.9 Å². The molecule has 1 N–H and O–H groups in total. The molecule has 138 valence electrons. The number of aromatic nitrogens is 4. The van der Waals surface area contributed by atoms with E-state index in [2.05, 4.69) is 15.4 Å². The van der Waals surface area contributed by atoms with Crippen molar-refractivity contribution < 1.29 is 4.79 Å². The van der Waals surface area contributed by atoms with Crippen LogP contribution in [-0.2, 0) is 11.8 Å². The smallest absolute Gasteiger partial charge is 0.293 e. The first-order valence-electron chi connectivity index (χ1n) is 9.02. The van der Waals surface area contributed by atoms with Crippen LogP contribution in [0.15, 0.2) is 23.4 Å². The molecule has 26 heavy (non-hydrogen) atoms. The summed E-state index contributed by atoms with van der Waals surface area (Å²) in [6.07, 6.45) is 7.80. The van der Waals surface area contributed by atoms with Crippen molar-refractivity contribution in [2.45, 2.75) is 38.3 Å². The lowest BCUT2D eigenvalue weighted by atomic mass is 9.94. The Morgan fingerprint density at radius 2 is 2.04 bits per heavy atom. The topological polar surface area (TPSA) is 85.1 Å². The van der Waals surface area contributed by atoms with Gasteiger partial charge in [0, 0.05) is 62.7 Å². The fourth-order valence-corrected chi connectivity index (χ4v) is 3.82. The Kier molecular flexibility index (Phi) is 4.05. The molecule has 0 radical (unpaired) electrons. The van der Waals surface area contributed by atoms with Crippen LogP contribution in [0.3, 0.4) is 0 Å². The SMILES string of the molecule is Cc1c([C@H]2[C@H](CNc3nccn(C4CC4)c3=O)CC(=O)N2C)cnn1C. The van der Waals surface area contributed by atoms with Crippen LogP contribution < -0.4 is 10.9 Å². The zero-order valence-electron chi connectivity index (χ0n) is 15.3. The molecule has 8 nitrogen and oxygen atoms in total. The minimum atomic E-state index is -0.0817. The molecule has 0 aromatic carbocycles. The van der Waals surface area contributed by atoms with Crippen molar-refractivity contribution in [3.8, 4) is 0 Å². The number of rotatable bonds is 5. The molecule has 1 aliphatic carbocycles. The van der Waals surface area contributed by atoms with E-state index in [1.807, 2.05) is 31.9 Å². The zero-order chi connectivity index (χ0) is 18.4. The molecular weight excluding hydrogens is 332 g/mol. The highest BCUT2D eigenvalue weighted by Gasteiger charge is 2.40. The summed E-state index contributed by atoms with van der Waals surface area (Å²) in [7, 11) is 3.73. The monoisotopic (exact) mass is 356 g/mol. The van der Waals surface area contributed by atoms with E-state index in [1.54, 1.807) is 21.9 Å². The molecule has 8 heteroatoms. The summed E-state index contributed by atoms with van der Waals surface area (Å²) in [6, 6.07) is 0.272. The summed E-state index contributed by atoms with van der Waals surface area (Å²) in [6.45, 7) is 2.53. The molecule has 2 aromatic heterocycles. The summed E-state index contributed by atoms with van der Waals surface area (Å²) in [4.78, 5) is 30.8. The molecule has 0 bridgehead atoms. The summed E-state index contributed by atoms with van der Waals surface area (Å²) in [5.74, 6) is 0.538. The van der Waals surface area contributed by atoms with Crippen LogP contribution in [0.25, 0.3) is 0 Å². The van der Waals surface area contributed by atoms with Crippen molar-refractivity contribution in [3.63, 3.8) is 0 Å². The van der Waals surface area contributed by atoms with Crippen LogP contribution in [0.2, 0.25) is 0 Å². The van der Waals surface area contributed by atoms with Crippen molar-refractivity contribution in [3.05, 3.63) is 40.2 Å². The third-order valence-corrected chi connectivity index (χ3v) is 5.63. The number of carbonyl (C=O) groups is 1. The molecule has 3 heterocycles. The average molecular weight is 356 g/mol.